The van der Waals surface area contributed by atoms with Gasteiger partial charge in [0.05, 0.1) is 22.2 Å². The Morgan fingerprint density at radius 1 is 0.969 bits per heavy atom. The summed E-state index contributed by atoms with van der Waals surface area (Å²) in [6, 6.07) is 10.3. The number of piperazine rings is 1. The summed E-state index contributed by atoms with van der Waals surface area (Å²) in [4.78, 5) is 40.2. The molecule has 32 heavy (non-hydrogen) atoms. The van der Waals surface area contributed by atoms with Crippen LogP contribution >= 0.6 is 23.2 Å². The van der Waals surface area contributed by atoms with Crippen molar-refractivity contribution in [1.29, 1.82) is 0 Å². The van der Waals surface area contributed by atoms with E-state index in [1.807, 2.05) is 6.07 Å². The maximum absolute atomic E-state index is 12.6. The van der Waals surface area contributed by atoms with Crippen LogP contribution in [-0.2, 0) is 16.1 Å². The van der Waals surface area contributed by atoms with Crippen LogP contribution < -0.4 is 21.3 Å². The molecule has 3 amide bonds. The second-order valence-corrected chi connectivity index (χ2v) is 8.29. The fraction of sp³-hybridized carbons (Fsp3) is 0.318. The van der Waals surface area contributed by atoms with Crippen molar-refractivity contribution in [1.82, 2.24) is 15.5 Å². The van der Waals surface area contributed by atoms with Gasteiger partial charge in [0.15, 0.2) is 0 Å². The normalized spacial score (nSPS) is 13.6. The molecule has 1 aliphatic heterocycles. The molecule has 0 spiro atoms. The lowest BCUT2D eigenvalue weighted by Crippen LogP contribution is -2.48. The summed E-state index contributed by atoms with van der Waals surface area (Å²) in [6.07, 6.45) is 0. The van der Waals surface area contributed by atoms with Crippen molar-refractivity contribution >= 4 is 52.3 Å². The zero-order valence-electron chi connectivity index (χ0n) is 17.7. The quantitative estimate of drug-likeness (QED) is 0.553. The van der Waals surface area contributed by atoms with Gasteiger partial charge in [-0.05, 0) is 35.9 Å². The van der Waals surface area contributed by atoms with Gasteiger partial charge in [0.1, 0.15) is 0 Å². The Bertz CT molecular complexity index is 1020. The van der Waals surface area contributed by atoms with E-state index in [1.54, 1.807) is 42.2 Å². The molecule has 1 saturated heterocycles. The maximum Gasteiger partial charge on any atom is 0.253 e. The summed E-state index contributed by atoms with van der Waals surface area (Å²) in [5, 5.41) is 6.16. The molecule has 0 atom stereocenters. The third-order valence-electron chi connectivity index (χ3n) is 5.25. The van der Waals surface area contributed by atoms with Crippen molar-refractivity contribution in [2.45, 2.75) is 13.5 Å². The molecule has 8 nitrogen and oxygen atoms in total. The number of anilines is 2. The lowest BCUT2D eigenvalue weighted by atomic mass is 10.1. The Balaban J connectivity index is 1.54. The Labute approximate surface area is 196 Å². The minimum Gasteiger partial charge on any atom is -0.398 e. The molecular formula is C22H25Cl2N5O3. The number of nitrogens with two attached hydrogens (primary N) is 1. The largest absolute Gasteiger partial charge is 0.398 e. The van der Waals surface area contributed by atoms with Crippen molar-refractivity contribution in [3.8, 4) is 0 Å². The molecule has 1 heterocycles. The number of carbonyl (C=O) groups is 3. The molecule has 1 fully saturated rings. The average Bonchev–Trinajstić information content (AvgIpc) is 2.78. The Hall–Kier alpha value is -2.97. The number of nitrogens with zero attached hydrogens (tertiary/aromatic N) is 2. The Morgan fingerprint density at radius 2 is 1.69 bits per heavy atom. The van der Waals surface area contributed by atoms with Crippen molar-refractivity contribution < 1.29 is 14.4 Å². The van der Waals surface area contributed by atoms with E-state index >= 15 is 0 Å². The van der Waals surface area contributed by atoms with Gasteiger partial charge in [-0.25, -0.2) is 0 Å². The van der Waals surface area contributed by atoms with Crippen LogP contribution in [-0.4, -0.2) is 55.3 Å². The zero-order valence-corrected chi connectivity index (χ0v) is 19.2. The fourth-order valence-corrected chi connectivity index (χ4v) is 3.71. The highest BCUT2D eigenvalue weighted by Gasteiger charge is 2.20. The number of nitrogen functional groups attached to an aromatic ring is 1. The summed E-state index contributed by atoms with van der Waals surface area (Å²) >= 11 is 11.9. The van der Waals surface area contributed by atoms with E-state index in [0.29, 0.717) is 47.5 Å². The van der Waals surface area contributed by atoms with Gasteiger partial charge in [-0.1, -0.05) is 29.3 Å². The summed E-state index contributed by atoms with van der Waals surface area (Å²) in [7, 11) is 0. The lowest BCUT2D eigenvalue weighted by molar-refractivity contribution is -0.129. The Morgan fingerprint density at radius 3 is 2.34 bits per heavy atom. The third-order valence-corrected chi connectivity index (χ3v) is 5.99. The average molecular weight is 478 g/mol. The topological polar surface area (TPSA) is 108 Å². The molecule has 0 unspecified atom stereocenters. The van der Waals surface area contributed by atoms with E-state index in [4.69, 9.17) is 28.9 Å². The number of amides is 3. The predicted molar refractivity (Wildman–Crippen MR) is 126 cm³/mol. The molecule has 170 valence electrons. The molecule has 0 bridgehead atoms. The molecule has 0 aromatic heterocycles. The molecule has 0 saturated carbocycles. The van der Waals surface area contributed by atoms with Crippen LogP contribution in [0.3, 0.4) is 0 Å². The first-order chi connectivity index (χ1) is 15.2. The van der Waals surface area contributed by atoms with Gasteiger partial charge in [0.2, 0.25) is 11.8 Å². The standard InChI is InChI=1S/C22H25Cl2N5O3/c1-14(30)28-6-8-29(9-7-28)16-3-5-20(25)17(11-16)22(32)27-13-21(31)26-12-15-2-4-18(23)19(24)10-15/h2-5,10-11H,6-9,12-13,25H2,1H3,(H,26,31)(H,27,32). The second kappa shape index (κ2) is 10.6. The molecular weight excluding hydrogens is 453 g/mol. The minimum absolute atomic E-state index is 0.0551. The third kappa shape index (κ3) is 6.05. The van der Waals surface area contributed by atoms with Gasteiger partial charge in [0, 0.05) is 51.0 Å². The molecule has 2 aromatic rings. The van der Waals surface area contributed by atoms with Gasteiger partial charge < -0.3 is 26.2 Å². The van der Waals surface area contributed by atoms with Crippen molar-refractivity contribution in [3.05, 3.63) is 57.6 Å². The first kappa shape index (κ1) is 23.7. The highest BCUT2D eigenvalue weighted by Crippen LogP contribution is 2.23. The van der Waals surface area contributed by atoms with Crippen LogP contribution in [0, 0.1) is 0 Å². The van der Waals surface area contributed by atoms with Gasteiger partial charge >= 0.3 is 0 Å². The molecule has 4 N–H and O–H groups in total. The molecule has 3 rings (SSSR count). The second-order valence-electron chi connectivity index (χ2n) is 7.47. The van der Waals surface area contributed by atoms with E-state index < -0.39 is 5.91 Å². The molecule has 10 heteroatoms. The number of hydrogen-bond donors (Lipinski definition) is 3. The van der Waals surface area contributed by atoms with Crippen LogP contribution in [0.15, 0.2) is 36.4 Å². The van der Waals surface area contributed by atoms with Gasteiger partial charge in [-0.15, -0.1) is 0 Å². The van der Waals surface area contributed by atoms with Gasteiger partial charge in [-0.2, -0.15) is 0 Å². The summed E-state index contributed by atoms with van der Waals surface area (Å²) < 4.78 is 0. The molecule has 2 aromatic carbocycles. The smallest absolute Gasteiger partial charge is 0.253 e. The van der Waals surface area contributed by atoms with Crippen LogP contribution in [0.25, 0.3) is 0 Å². The number of halogens is 2. The van der Waals surface area contributed by atoms with Crippen molar-refractivity contribution in [3.63, 3.8) is 0 Å². The predicted octanol–water partition coefficient (Wildman–Crippen LogP) is 2.29. The summed E-state index contributed by atoms with van der Waals surface area (Å²) in [5.41, 5.74) is 8.25. The van der Waals surface area contributed by atoms with Crippen LogP contribution in [0.1, 0.15) is 22.8 Å². The number of hydrogen-bond acceptors (Lipinski definition) is 5. The van der Waals surface area contributed by atoms with Gasteiger partial charge in [0.25, 0.3) is 5.91 Å². The lowest BCUT2D eigenvalue weighted by Gasteiger charge is -2.35. The number of nitrogens with one attached hydrogen (secondary N) is 2. The van der Waals surface area contributed by atoms with Crippen LogP contribution in [0.4, 0.5) is 11.4 Å². The molecule has 1 aliphatic rings. The first-order valence-electron chi connectivity index (χ1n) is 10.1. The fourth-order valence-electron chi connectivity index (χ4n) is 3.39. The molecule has 0 aliphatic carbocycles. The van der Waals surface area contributed by atoms with E-state index in [1.165, 1.54) is 0 Å². The Kier molecular flexibility index (Phi) is 7.82. The van der Waals surface area contributed by atoms with Crippen molar-refractivity contribution in [2.24, 2.45) is 0 Å². The SMILES string of the molecule is CC(=O)N1CCN(c2ccc(N)c(C(=O)NCC(=O)NCc3ccc(Cl)c(Cl)c3)c2)CC1. The monoisotopic (exact) mass is 477 g/mol. The van der Waals surface area contributed by atoms with Crippen molar-refractivity contribution in [2.75, 3.05) is 43.4 Å². The number of benzene rings is 2. The van der Waals surface area contributed by atoms with E-state index in [9.17, 15) is 14.4 Å². The first-order valence-corrected chi connectivity index (χ1v) is 10.9. The van der Waals surface area contributed by atoms with E-state index in [-0.39, 0.29) is 24.9 Å². The number of rotatable bonds is 6. The summed E-state index contributed by atoms with van der Waals surface area (Å²) in [5.74, 6) is -0.727. The van der Waals surface area contributed by atoms with E-state index in [0.717, 1.165) is 11.3 Å². The zero-order chi connectivity index (χ0) is 23.3. The maximum atomic E-state index is 12.6. The number of carbonyl (C=O) groups excluding carboxylic acids is 3. The highest BCUT2D eigenvalue weighted by molar-refractivity contribution is 6.42. The van der Waals surface area contributed by atoms with E-state index in [2.05, 4.69) is 15.5 Å². The minimum atomic E-state index is -0.434. The highest BCUT2D eigenvalue weighted by atomic mass is 35.5. The molecule has 0 radical (unpaired) electrons. The van der Waals surface area contributed by atoms with Gasteiger partial charge in [-0.3, -0.25) is 14.4 Å². The summed E-state index contributed by atoms with van der Waals surface area (Å²) in [6.45, 7) is 4.21. The van der Waals surface area contributed by atoms with Crippen LogP contribution in [0.5, 0.6) is 0 Å². The van der Waals surface area contributed by atoms with Crippen LogP contribution in [0.2, 0.25) is 10.0 Å².